The Morgan fingerprint density at radius 2 is 0.737 bits per heavy atom. The van der Waals surface area contributed by atoms with Gasteiger partial charge < -0.3 is 4.57 Å². The van der Waals surface area contributed by atoms with Gasteiger partial charge in [0.15, 0.2) is 17.5 Å². The fourth-order valence-corrected chi connectivity index (χ4v) is 8.24. The van der Waals surface area contributed by atoms with Crippen LogP contribution in [-0.2, 0) is 0 Å². The fourth-order valence-electron chi connectivity index (χ4n) is 8.24. The summed E-state index contributed by atoms with van der Waals surface area (Å²) in [6, 6.07) is 72.9. The van der Waals surface area contributed by atoms with Crippen LogP contribution in [0.5, 0.6) is 0 Å². The van der Waals surface area contributed by atoms with Crippen molar-refractivity contribution in [3.05, 3.63) is 206 Å². The lowest BCUT2D eigenvalue weighted by molar-refractivity contribution is 1.07. The molecule has 0 aliphatic heterocycles. The van der Waals surface area contributed by atoms with E-state index in [4.69, 9.17) is 15.0 Å². The molecule has 2 heterocycles. The second kappa shape index (κ2) is 13.6. The summed E-state index contributed by atoms with van der Waals surface area (Å²) in [5.74, 6) is 1.89. The zero-order valence-electron chi connectivity index (χ0n) is 30.9. The molecule has 0 aliphatic carbocycles. The number of nitrogens with zero attached hydrogens (tertiary/aromatic N) is 4. The highest BCUT2D eigenvalue weighted by molar-refractivity contribution is 6.16. The fraction of sp³-hybridized carbons (Fsp3) is 0. The third-order valence-electron chi connectivity index (χ3n) is 11.0. The van der Waals surface area contributed by atoms with Crippen molar-refractivity contribution in [3.63, 3.8) is 0 Å². The van der Waals surface area contributed by atoms with E-state index in [1.807, 2.05) is 24.3 Å². The van der Waals surface area contributed by atoms with E-state index < -0.39 is 0 Å². The lowest BCUT2D eigenvalue weighted by Gasteiger charge is -2.15. The molecule has 0 amide bonds. The first kappa shape index (κ1) is 32.7. The van der Waals surface area contributed by atoms with Crippen molar-refractivity contribution in [1.82, 2.24) is 19.5 Å². The minimum Gasteiger partial charge on any atom is -0.309 e. The first-order valence-corrected chi connectivity index (χ1v) is 19.3. The van der Waals surface area contributed by atoms with Crippen LogP contribution < -0.4 is 0 Å². The van der Waals surface area contributed by atoms with E-state index in [-0.39, 0.29) is 0 Å². The third kappa shape index (κ3) is 5.74. The first-order valence-electron chi connectivity index (χ1n) is 19.3. The maximum absolute atomic E-state index is 5.18. The van der Waals surface area contributed by atoms with Crippen LogP contribution in [-0.4, -0.2) is 19.5 Å². The Morgan fingerprint density at radius 3 is 1.42 bits per heavy atom. The summed E-state index contributed by atoms with van der Waals surface area (Å²) < 4.78 is 2.43. The molecule has 2 aromatic heterocycles. The number of fused-ring (bicyclic) bond motifs is 6. The van der Waals surface area contributed by atoms with E-state index in [0.29, 0.717) is 17.5 Å². The van der Waals surface area contributed by atoms with Gasteiger partial charge in [0.1, 0.15) is 0 Å². The Labute approximate surface area is 330 Å². The van der Waals surface area contributed by atoms with Crippen molar-refractivity contribution in [2.45, 2.75) is 0 Å². The van der Waals surface area contributed by atoms with Gasteiger partial charge in [-0.15, -0.1) is 0 Å². The van der Waals surface area contributed by atoms with E-state index >= 15 is 0 Å². The molecule has 0 saturated carbocycles. The highest BCUT2D eigenvalue weighted by Crippen LogP contribution is 2.40. The number of benzene rings is 9. The van der Waals surface area contributed by atoms with Crippen LogP contribution in [0, 0.1) is 0 Å². The van der Waals surface area contributed by atoms with Gasteiger partial charge in [0.25, 0.3) is 0 Å². The molecule has 0 radical (unpaired) electrons. The van der Waals surface area contributed by atoms with Gasteiger partial charge in [-0.1, -0.05) is 182 Å². The van der Waals surface area contributed by atoms with Gasteiger partial charge >= 0.3 is 0 Å². The van der Waals surface area contributed by atoms with Gasteiger partial charge in [-0.05, 0) is 62.7 Å². The maximum atomic E-state index is 5.18. The summed E-state index contributed by atoms with van der Waals surface area (Å²) in [7, 11) is 0. The van der Waals surface area contributed by atoms with Crippen molar-refractivity contribution in [2.24, 2.45) is 0 Å². The van der Waals surface area contributed by atoms with Crippen molar-refractivity contribution in [1.29, 1.82) is 0 Å². The molecule has 0 bridgehead atoms. The van der Waals surface area contributed by atoms with Gasteiger partial charge in [0, 0.05) is 32.8 Å². The zero-order valence-corrected chi connectivity index (χ0v) is 30.9. The highest BCUT2D eigenvalue weighted by atomic mass is 15.0. The van der Waals surface area contributed by atoms with Gasteiger partial charge in [-0.3, -0.25) is 0 Å². The standard InChI is InChI=1S/C53H34N4/c1-4-14-35(15-5-1)37-24-26-39(27-25-37)52-54-51(38-18-8-3-9-19-38)55-53(56-52)42-28-30-46-47-32-40(36-16-6-2-7-17-36)29-31-48(47)57(50(46)34-42)49-33-41-20-10-11-21-43(41)44-22-12-13-23-45(44)49/h1-34H. The average Bonchev–Trinajstić information content (AvgIpc) is 3.62. The molecule has 0 fully saturated rings. The molecular formula is C53H34N4. The van der Waals surface area contributed by atoms with Crippen LogP contribution in [0.15, 0.2) is 206 Å². The molecule has 9 aromatic carbocycles. The molecule has 0 spiro atoms. The molecule has 0 N–H and O–H groups in total. The second-order valence-corrected chi connectivity index (χ2v) is 14.4. The molecule has 0 unspecified atom stereocenters. The zero-order chi connectivity index (χ0) is 37.7. The monoisotopic (exact) mass is 726 g/mol. The SMILES string of the molecule is c1ccc(-c2ccc(-c3nc(-c4ccccc4)nc(-c4ccc5c6cc(-c7ccccc7)ccc6n(-c6cc7ccccc7c7ccccc67)c5c4)n3)cc2)cc1. The van der Waals surface area contributed by atoms with Gasteiger partial charge in [0.05, 0.1) is 16.7 Å². The molecule has 0 atom stereocenters. The molecule has 0 saturated heterocycles. The number of rotatable bonds is 6. The summed E-state index contributed by atoms with van der Waals surface area (Å²) in [5, 5.41) is 7.22. The van der Waals surface area contributed by atoms with E-state index in [1.54, 1.807) is 0 Å². The Hall–Kier alpha value is -7.69. The van der Waals surface area contributed by atoms with Crippen LogP contribution in [0.3, 0.4) is 0 Å². The van der Waals surface area contributed by atoms with Gasteiger partial charge in [-0.2, -0.15) is 0 Å². The summed E-state index contributed by atoms with van der Waals surface area (Å²) in [5.41, 5.74) is 10.8. The minimum absolute atomic E-state index is 0.623. The first-order chi connectivity index (χ1) is 28.2. The lowest BCUT2D eigenvalue weighted by Crippen LogP contribution is -2.00. The van der Waals surface area contributed by atoms with Crippen LogP contribution in [0.1, 0.15) is 0 Å². The average molecular weight is 727 g/mol. The van der Waals surface area contributed by atoms with Crippen molar-refractivity contribution in [2.75, 3.05) is 0 Å². The molecule has 0 aliphatic rings. The van der Waals surface area contributed by atoms with E-state index in [0.717, 1.165) is 44.4 Å². The molecule has 11 aromatic rings. The molecular weight excluding hydrogens is 693 g/mol. The number of hydrogen-bond acceptors (Lipinski definition) is 3. The van der Waals surface area contributed by atoms with Crippen molar-refractivity contribution >= 4 is 43.4 Å². The molecule has 266 valence electrons. The van der Waals surface area contributed by atoms with Gasteiger partial charge in [0.2, 0.25) is 0 Å². The van der Waals surface area contributed by atoms with E-state index in [9.17, 15) is 0 Å². The van der Waals surface area contributed by atoms with E-state index in [1.165, 1.54) is 43.6 Å². The summed E-state index contributed by atoms with van der Waals surface area (Å²) >= 11 is 0. The van der Waals surface area contributed by atoms with E-state index in [2.05, 4.69) is 187 Å². The van der Waals surface area contributed by atoms with Gasteiger partial charge in [-0.25, -0.2) is 15.0 Å². The molecule has 11 rings (SSSR count). The predicted octanol–water partition coefficient (Wildman–Crippen LogP) is 13.6. The second-order valence-electron chi connectivity index (χ2n) is 14.4. The van der Waals surface area contributed by atoms with Crippen LogP contribution in [0.4, 0.5) is 0 Å². The predicted molar refractivity (Wildman–Crippen MR) is 236 cm³/mol. The Morgan fingerprint density at radius 1 is 0.263 bits per heavy atom. The minimum atomic E-state index is 0.623. The molecule has 4 heteroatoms. The Bertz CT molecular complexity index is 3260. The summed E-state index contributed by atoms with van der Waals surface area (Å²) in [6.07, 6.45) is 0. The maximum Gasteiger partial charge on any atom is 0.164 e. The molecule has 57 heavy (non-hydrogen) atoms. The van der Waals surface area contributed by atoms with Crippen molar-refractivity contribution < 1.29 is 0 Å². The Balaban J connectivity index is 1.15. The largest absolute Gasteiger partial charge is 0.309 e. The topological polar surface area (TPSA) is 43.6 Å². The molecule has 4 nitrogen and oxygen atoms in total. The lowest BCUT2D eigenvalue weighted by atomic mass is 10.00. The Kier molecular flexibility index (Phi) is 7.78. The number of aromatic nitrogens is 4. The van der Waals surface area contributed by atoms with Crippen LogP contribution in [0.2, 0.25) is 0 Å². The van der Waals surface area contributed by atoms with Crippen LogP contribution >= 0.6 is 0 Å². The smallest absolute Gasteiger partial charge is 0.164 e. The summed E-state index contributed by atoms with van der Waals surface area (Å²) in [6.45, 7) is 0. The highest BCUT2D eigenvalue weighted by Gasteiger charge is 2.19. The number of hydrogen-bond donors (Lipinski definition) is 0. The quantitative estimate of drug-likeness (QED) is 0.160. The van der Waals surface area contributed by atoms with Crippen molar-refractivity contribution in [3.8, 4) is 62.1 Å². The normalized spacial score (nSPS) is 11.5. The third-order valence-corrected chi connectivity index (χ3v) is 11.0. The summed E-state index contributed by atoms with van der Waals surface area (Å²) in [4.78, 5) is 15.4. The van der Waals surface area contributed by atoms with Crippen LogP contribution in [0.25, 0.3) is 105 Å².